The molecule has 2 N–H and O–H groups in total. The minimum atomic E-state index is -0.543. The second-order valence-electron chi connectivity index (χ2n) is 3.69. The SMILES string of the molecule is CCC(c1nc(C(N)=O)co1)C(C)C. The Bertz CT molecular complexity index is 318. The van der Waals surface area contributed by atoms with Crippen molar-refractivity contribution in [3.63, 3.8) is 0 Å². The van der Waals surface area contributed by atoms with Gasteiger partial charge in [0.25, 0.3) is 5.91 Å². The number of amides is 1. The number of nitrogens with two attached hydrogens (primary N) is 1. The van der Waals surface area contributed by atoms with Crippen molar-refractivity contribution in [3.8, 4) is 0 Å². The van der Waals surface area contributed by atoms with Crippen LogP contribution in [0.15, 0.2) is 10.7 Å². The lowest BCUT2D eigenvalue weighted by Gasteiger charge is -2.14. The molecule has 0 aromatic carbocycles. The number of hydrogen-bond acceptors (Lipinski definition) is 3. The third-order valence-electron chi connectivity index (χ3n) is 2.34. The molecular formula is C10H16N2O2. The summed E-state index contributed by atoms with van der Waals surface area (Å²) < 4.78 is 5.23. The first-order valence-electron chi connectivity index (χ1n) is 4.81. The van der Waals surface area contributed by atoms with E-state index in [2.05, 4.69) is 25.8 Å². The van der Waals surface area contributed by atoms with Crippen LogP contribution in [0, 0.1) is 5.92 Å². The second-order valence-corrected chi connectivity index (χ2v) is 3.69. The summed E-state index contributed by atoms with van der Waals surface area (Å²) in [5, 5.41) is 0. The van der Waals surface area contributed by atoms with Crippen molar-refractivity contribution in [2.45, 2.75) is 33.1 Å². The lowest BCUT2D eigenvalue weighted by molar-refractivity contribution is 0.0995. The quantitative estimate of drug-likeness (QED) is 0.799. The highest BCUT2D eigenvalue weighted by atomic mass is 16.3. The van der Waals surface area contributed by atoms with Crippen LogP contribution >= 0.6 is 0 Å². The first-order chi connectivity index (χ1) is 6.56. The first kappa shape index (κ1) is 10.8. The molecule has 1 atom stereocenters. The number of carbonyl (C=O) groups is 1. The normalized spacial score (nSPS) is 13.1. The predicted molar refractivity (Wildman–Crippen MR) is 52.9 cm³/mol. The van der Waals surface area contributed by atoms with Gasteiger partial charge in [0.05, 0.1) is 0 Å². The summed E-state index contributed by atoms with van der Waals surface area (Å²) in [6.07, 6.45) is 2.26. The Balaban J connectivity index is 2.89. The van der Waals surface area contributed by atoms with Crippen LogP contribution in [0.3, 0.4) is 0 Å². The maximum absolute atomic E-state index is 10.8. The minimum Gasteiger partial charge on any atom is -0.448 e. The van der Waals surface area contributed by atoms with Crippen LogP contribution < -0.4 is 5.73 Å². The number of primary amides is 1. The molecule has 0 aliphatic carbocycles. The predicted octanol–water partition coefficient (Wildman–Crippen LogP) is 1.92. The first-order valence-corrected chi connectivity index (χ1v) is 4.81. The zero-order valence-corrected chi connectivity index (χ0v) is 8.78. The lowest BCUT2D eigenvalue weighted by atomic mass is 9.93. The Labute approximate surface area is 83.5 Å². The monoisotopic (exact) mass is 196 g/mol. The smallest absolute Gasteiger partial charge is 0.270 e. The molecule has 78 valence electrons. The fourth-order valence-electron chi connectivity index (χ4n) is 1.50. The van der Waals surface area contributed by atoms with E-state index in [1.807, 2.05) is 0 Å². The molecular weight excluding hydrogens is 180 g/mol. The molecule has 0 radical (unpaired) electrons. The van der Waals surface area contributed by atoms with Gasteiger partial charge < -0.3 is 10.2 Å². The highest BCUT2D eigenvalue weighted by Gasteiger charge is 2.20. The van der Waals surface area contributed by atoms with E-state index < -0.39 is 5.91 Å². The van der Waals surface area contributed by atoms with Crippen molar-refractivity contribution in [2.75, 3.05) is 0 Å². The van der Waals surface area contributed by atoms with E-state index in [0.717, 1.165) is 6.42 Å². The summed E-state index contributed by atoms with van der Waals surface area (Å²) in [6.45, 7) is 6.27. The van der Waals surface area contributed by atoms with Gasteiger partial charge in [-0.05, 0) is 12.3 Å². The van der Waals surface area contributed by atoms with Crippen molar-refractivity contribution >= 4 is 5.91 Å². The third kappa shape index (κ3) is 2.13. The Morgan fingerprint density at radius 3 is 2.64 bits per heavy atom. The van der Waals surface area contributed by atoms with E-state index in [9.17, 15) is 4.79 Å². The molecule has 1 heterocycles. The third-order valence-corrected chi connectivity index (χ3v) is 2.34. The molecule has 1 amide bonds. The van der Waals surface area contributed by atoms with Gasteiger partial charge in [-0.3, -0.25) is 4.79 Å². The summed E-state index contributed by atoms with van der Waals surface area (Å²) in [4.78, 5) is 14.9. The molecule has 0 aliphatic heterocycles. The summed E-state index contributed by atoms with van der Waals surface area (Å²) in [5.41, 5.74) is 5.29. The van der Waals surface area contributed by atoms with Crippen LogP contribution in [0.5, 0.6) is 0 Å². The largest absolute Gasteiger partial charge is 0.448 e. The van der Waals surface area contributed by atoms with Gasteiger partial charge in [0.2, 0.25) is 0 Å². The van der Waals surface area contributed by atoms with Crippen molar-refractivity contribution in [2.24, 2.45) is 11.7 Å². The van der Waals surface area contributed by atoms with Crippen LogP contribution in [0.1, 0.15) is 49.5 Å². The molecule has 4 nitrogen and oxygen atoms in total. The summed E-state index contributed by atoms with van der Waals surface area (Å²) >= 11 is 0. The van der Waals surface area contributed by atoms with Crippen LogP contribution in [0.4, 0.5) is 0 Å². The Morgan fingerprint density at radius 1 is 1.64 bits per heavy atom. The van der Waals surface area contributed by atoms with Gasteiger partial charge in [0, 0.05) is 5.92 Å². The van der Waals surface area contributed by atoms with Gasteiger partial charge >= 0.3 is 0 Å². The lowest BCUT2D eigenvalue weighted by Crippen LogP contribution is -2.12. The van der Waals surface area contributed by atoms with Crippen molar-refractivity contribution in [3.05, 3.63) is 17.8 Å². The van der Waals surface area contributed by atoms with Crippen LogP contribution in [-0.2, 0) is 0 Å². The fourth-order valence-corrected chi connectivity index (χ4v) is 1.50. The number of oxazole rings is 1. The standard InChI is InChI=1S/C10H16N2O2/c1-4-7(6(2)3)10-12-8(5-14-10)9(11)13/h5-7H,4H2,1-3H3,(H2,11,13). The van der Waals surface area contributed by atoms with Crippen molar-refractivity contribution < 1.29 is 9.21 Å². The zero-order chi connectivity index (χ0) is 10.7. The molecule has 0 saturated carbocycles. The molecule has 0 spiro atoms. The number of carbonyl (C=O) groups excluding carboxylic acids is 1. The molecule has 1 unspecified atom stereocenters. The maximum Gasteiger partial charge on any atom is 0.270 e. The topological polar surface area (TPSA) is 69.1 Å². The highest BCUT2D eigenvalue weighted by Crippen LogP contribution is 2.26. The molecule has 0 fully saturated rings. The summed E-state index contributed by atoms with van der Waals surface area (Å²) in [7, 11) is 0. The fraction of sp³-hybridized carbons (Fsp3) is 0.600. The van der Waals surface area contributed by atoms with E-state index in [4.69, 9.17) is 10.2 Å². The number of rotatable bonds is 4. The van der Waals surface area contributed by atoms with Crippen LogP contribution in [-0.4, -0.2) is 10.9 Å². The zero-order valence-electron chi connectivity index (χ0n) is 8.78. The average Bonchev–Trinajstić information content (AvgIpc) is 2.53. The molecule has 0 aliphatic rings. The average molecular weight is 196 g/mol. The molecule has 1 aromatic rings. The van der Waals surface area contributed by atoms with Gasteiger partial charge in [-0.25, -0.2) is 4.98 Å². The maximum atomic E-state index is 10.8. The van der Waals surface area contributed by atoms with Gasteiger partial charge in [-0.2, -0.15) is 0 Å². The van der Waals surface area contributed by atoms with Crippen molar-refractivity contribution in [1.82, 2.24) is 4.98 Å². The second kappa shape index (κ2) is 4.26. The minimum absolute atomic E-state index is 0.208. The Kier molecular flexibility index (Phi) is 3.28. The van der Waals surface area contributed by atoms with Crippen LogP contribution in [0.2, 0.25) is 0 Å². The number of hydrogen-bond donors (Lipinski definition) is 1. The Hall–Kier alpha value is -1.32. The van der Waals surface area contributed by atoms with Crippen LogP contribution in [0.25, 0.3) is 0 Å². The molecule has 1 rings (SSSR count). The molecule has 14 heavy (non-hydrogen) atoms. The molecule has 4 heteroatoms. The van der Waals surface area contributed by atoms with E-state index in [1.165, 1.54) is 6.26 Å². The Morgan fingerprint density at radius 2 is 2.29 bits per heavy atom. The van der Waals surface area contributed by atoms with Crippen molar-refractivity contribution in [1.29, 1.82) is 0 Å². The van der Waals surface area contributed by atoms with Gasteiger partial charge in [-0.1, -0.05) is 20.8 Å². The number of aromatic nitrogens is 1. The number of nitrogens with zero attached hydrogens (tertiary/aromatic N) is 1. The van der Waals surface area contributed by atoms with E-state index >= 15 is 0 Å². The molecule has 0 saturated heterocycles. The van der Waals surface area contributed by atoms with E-state index in [-0.39, 0.29) is 11.6 Å². The summed E-state index contributed by atoms with van der Waals surface area (Å²) in [5.74, 6) is 0.761. The van der Waals surface area contributed by atoms with Gasteiger partial charge in [-0.15, -0.1) is 0 Å². The van der Waals surface area contributed by atoms with E-state index in [1.54, 1.807) is 0 Å². The molecule has 1 aromatic heterocycles. The van der Waals surface area contributed by atoms with Gasteiger partial charge in [0.15, 0.2) is 11.6 Å². The highest BCUT2D eigenvalue weighted by molar-refractivity contribution is 5.90. The molecule has 0 bridgehead atoms. The summed E-state index contributed by atoms with van der Waals surface area (Å²) in [6, 6.07) is 0. The van der Waals surface area contributed by atoms with Gasteiger partial charge in [0.1, 0.15) is 6.26 Å². The van der Waals surface area contributed by atoms with E-state index in [0.29, 0.717) is 11.8 Å².